The van der Waals surface area contributed by atoms with Gasteiger partial charge >= 0.3 is 0 Å². The van der Waals surface area contributed by atoms with E-state index in [0.29, 0.717) is 12.0 Å². The molecule has 0 aromatic rings. The van der Waals surface area contributed by atoms with Crippen molar-refractivity contribution in [1.82, 2.24) is 4.90 Å². The first-order valence-electron chi connectivity index (χ1n) is 5.02. The van der Waals surface area contributed by atoms with Crippen LogP contribution in [0.5, 0.6) is 0 Å². The average molecular weight is 171 g/mol. The predicted octanol–water partition coefficient (Wildman–Crippen LogP) is 1.49. The van der Waals surface area contributed by atoms with Gasteiger partial charge in [0.05, 0.1) is 0 Å². The van der Waals surface area contributed by atoms with E-state index >= 15 is 0 Å². The Kier molecular flexibility index (Phi) is 3.53. The molecule has 1 rings (SSSR count). The van der Waals surface area contributed by atoms with E-state index in [2.05, 4.69) is 18.9 Å². The fourth-order valence-electron chi connectivity index (χ4n) is 2.28. The lowest BCUT2D eigenvalue weighted by atomic mass is 9.80. The third-order valence-electron chi connectivity index (χ3n) is 3.24. The van der Waals surface area contributed by atoms with E-state index in [0.717, 1.165) is 6.42 Å². The highest BCUT2D eigenvalue weighted by atomic mass is 16.2. The fraction of sp³-hybridized carbons (Fsp3) is 1.00. The second-order valence-electron chi connectivity index (χ2n) is 4.17. The summed E-state index contributed by atoms with van der Waals surface area (Å²) in [5.74, 6) is 0. The summed E-state index contributed by atoms with van der Waals surface area (Å²) in [5, 5.41) is 8.79. The smallest absolute Gasteiger partial charge is 0.0431 e. The van der Waals surface area contributed by atoms with Gasteiger partial charge in [-0.15, -0.1) is 0 Å². The number of hydrogen-bond acceptors (Lipinski definition) is 2. The van der Waals surface area contributed by atoms with Gasteiger partial charge in [0.1, 0.15) is 0 Å². The molecule has 72 valence electrons. The minimum atomic E-state index is 0.353. The van der Waals surface area contributed by atoms with Crippen molar-refractivity contribution in [1.29, 1.82) is 0 Å². The molecule has 1 atom stereocenters. The van der Waals surface area contributed by atoms with Crippen LogP contribution in [-0.4, -0.2) is 36.8 Å². The zero-order valence-corrected chi connectivity index (χ0v) is 8.34. The molecule has 1 N–H and O–H groups in total. The SMILES string of the molecule is CCC1(CCCO)CCN(C)C1. The van der Waals surface area contributed by atoms with Gasteiger partial charge in [0, 0.05) is 13.2 Å². The molecule has 2 nitrogen and oxygen atoms in total. The first kappa shape index (κ1) is 10.0. The molecule has 1 aliphatic rings. The van der Waals surface area contributed by atoms with Gasteiger partial charge in [-0.25, -0.2) is 0 Å². The Balaban J connectivity index is 2.41. The van der Waals surface area contributed by atoms with Crippen LogP contribution in [0.15, 0.2) is 0 Å². The van der Waals surface area contributed by atoms with Gasteiger partial charge in [-0.1, -0.05) is 6.92 Å². The summed E-state index contributed by atoms with van der Waals surface area (Å²) in [6, 6.07) is 0. The van der Waals surface area contributed by atoms with Crippen molar-refractivity contribution in [2.75, 3.05) is 26.7 Å². The summed E-state index contributed by atoms with van der Waals surface area (Å²) >= 11 is 0. The Morgan fingerprint density at radius 2 is 2.25 bits per heavy atom. The number of aliphatic hydroxyl groups is 1. The third kappa shape index (κ3) is 2.20. The number of likely N-dealkylation sites (tertiary alicyclic amines) is 1. The van der Waals surface area contributed by atoms with Crippen LogP contribution < -0.4 is 0 Å². The maximum absolute atomic E-state index is 8.79. The van der Waals surface area contributed by atoms with Crippen LogP contribution in [0.3, 0.4) is 0 Å². The zero-order valence-electron chi connectivity index (χ0n) is 8.34. The molecule has 0 amide bonds. The normalized spacial score (nSPS) is 31.2. The van der Waals surface area contributed by atoms with E-state index in [4.69, 9.17) is 5.11 Å². The highest BCUT2D eigenvalue weighted by Gasteiger charge is 2.33. The first-order valence-corrected chi connectivity index (χ1v) is 5.02. The molecule has 12 heavy (non-hydrogen) atoms. The Morgan fingerprint density at radius 1 is 1.50 bits per heavy atom. The van der Waals surface area contributed by atoms with Crippen LogP contribution in [-0.2, 0) is 0 Å². The standard InChI is InChI=1S/C10H21NO/c1-3-10(5-4-8-12)6-7-11(2)9-10/h12H,3-9H2,1-2H3. The van der Waals surface area contributed by atoms with Gasteiger partial charge in [0.2, 0.25) is 0 Å². The number of hydrogen-bond donors (Lipinski definition) is 1. The molecule has 0 spiro atoms. The first-order chi connectivity index (χ1) is 5.72. The number of rotatable bonds is 4. The van der Waals surface area contributed by atoms with Crippen molar-refractivity contribution in [2.45, 2.75) is 32.6 Å². The third-order valence-corrected chi connectivity index (χ3v) is 3.24. The van der Waals surface area contributed by atoms with Crippen LogP contribution in [0.25, 0.3) is 0 Å². The maximum Gasteiger partial charge on any atom is 0.0431 e. The summed E-state index contributed by atoms with van der Waals surface area (Å²) in [5.41, 5.74) is 0.525. The fourth-order valence-corrected chi connectivity index (χ4v) is 2.28. The molecule has 0 aromatic carbocycles. The molecule has 0 bridgehead atoms. The molecular formula is C10H21NO. The largest absolute Gasteiger partial charge is 0.396 e. The summed E-state index contributed by atoms with van der Waals surface area (Å²) < 4.78 is 0. The lowest BCUT2D eigenvalue weighted by Gasteiger charge is -2.27. The van der Waals surface area contributed by atoms with Crippen molar-refractivity contribution in [3.63, 3.8) is 0 Å². The number of aliphatic hydroxyl groups excluding tert-OH is 1. The Hall–Kier alpha value is -0.0800. The highest BCUT2D eigenvalue weighted by Crippen LogP contribution is 2.37. The monoisotopic (exact) mass is 171 g/mol. The van der Waals surface area contributed by atoms with Crippen molar-refractivity contribution in [2.24, 2.45) is 5.41 Å². The van der Waals surface area contributed by atoms with Crippen molar-refractivity contribution in [3.05, 3.63) is 0 Å². The van der Waals surface area contributed by atoms with Crippen LogP contribution in [0.4, 0.5) is 0 Å². The second kappa shape index (κ2) is 4.24. The molecule has 0 aliphatic carbocycles. The van der Waals surface area contributed by atoms with Gasteiger partial charge in [0.25, 0.3) is 0 Å². The topological polar surface area (TPSA) is 23.5 Å². The molecule has 0 radical (unpaired) electrons. The molecular weight excluding hydrogens is 150 g/mol. The molecule has 1 heterocycles. The Labute approximate surface area is 75.6 Å². The average Bonchev–Trinajstić information content (AvgIpc) is 2.45. The Morgan fingerprint density at radius 3 is 2.67 bits per heavy atom. The minimum Gasteiger partial charge on any atom is -0.396 e. The van der Waals surface area contributed by atoms with Crippen LogP contribution in [0.1, 0.15) is 32.6 Å². The van der Waals surface area contributed by atoms with Crippen LogP contribution >= 0.6 is 0 Å². The van der Waals surface area contributed by atoms with Gasteiger partial charge < -0.3 is 10.0 Å². The molecule has 0 aromatic heterocycles. The van der Waals surface area contributed by atoms with Crippen molar-refractivity contribution >= 4 is 0 Å². The van der Waals surface area contributed by atoms with Crippen molar-refractivity contribution in [3.8, 4) is 0 Å². The van der Waals surface area contributed by atoms with E-state index in [1.54, 1.807) is 0 Å². The van der Waals surface area contributed by atoms with E-state index < -0.39 is 0 Å². The lowest BCUT2D eigenvalue weighted by molar-refractivity contribution is 0.207. The molecule has 1 saturated heterocycles. The van der Waals surface area contributed by atoms with E-state index in [-0.39, 0.29) is 0 Å². The van der Waals surface area contributed by atoms with E-state index in [9.17, 15) is 0 Å². The quantitative estimate of drug-likeness (QED) is 0.692. The predicted molar refractivity (Wildman–Crippen MR) is 51.2 cm³/mol. The summed E-state index contributed by atoms with van der Waals surface area (Å²) in [7, 11) is 2.19. The highest BCUT2D eigenvalue weighted by molar-refractivity contribution is 4.87. The maximum atomic E-state index is 8.79. The van der Waals surface area contributed by atoms with Gasteiger partial charge in [-0.2, -0.15) is 0 Å². The summed E-state index contributed by atoms with van der Waals surface area (Å²) in [4.78, 5) is 2.40. The molecule has 2 heteroatoms. The zero-order chi connectivity index (χ0) is 9.03. The van der Waals surface area contributed by atoms with Gasteiger partial charge in [-0.05, 0) is 44.7 Å². The van der Waals surface area contributed by atoms with Gasteiger partial charge in [-0.3, -0.25) is 0 Å². The van der Waals surface area contributed by atoms with Crippen molar-refractivity contribution < 1.29 is 5.11 Å². The lowest BCUT2D eigenvalue weighted by Crippen LogP contribution is -2.24. The molecule has 1 unspecified atom stereocenters. The molecule has 0 saturated carbocycles. The number of nitrogens with zero attached hydrogens (tertiary/aromatic N) is 1. The molecule has 1 fully saturated rings. The Bertz CT molecular complexity index is 138. The van der Waals surface area contributed by atoms with Gasteiger partial charge in [0.15, 0.2) is 0 Å². The van der Waals surface area contributed by atoms with E-state index in [1.165, 1.54) is 32.4 Å². The minimum absolute atomic E-state index is 0.353. The van der Waals surface area contributed by atoms with Crippen LogP contribution in [0, 0.1) is 5.41 Å². The van der Waals surface area contributed by atoms with E-state index in [1.807, 2.05) is 0 Å². The molecule has 1 aliphatic heterocycles. The summed E-state index contributed by atoms with van der Waals surface area (Å²) in [6.07, 6.45) is 4.75. The van der Waals surface area contributed by atoms with Crippen LogP contribution in [0.2, 0.25) is 0 Å². The summed E-state index contributed by atoms with van der Waals surface area (Å²) in [6.45, 7) is 5.09. The second-order valence-corrected chi connectivity index (χ2v) is 4.17.